The van der Waals surface area contributed by atoms with Crippen molar-refractivity contribution < 1.29 is 14.3 Å². The maximum atomic E-state index is 11.2. The second-order valence-electron chi connectivity index (χ2n) is 4.00. The first-order chi connectivity index (χ1) is 7.72. The van der Waals surface area contributed by atoms with Gasteiger partial charge in [0.15, 0.2) is 0 Å². The summed E-state index contributed by atoms with van der Waals surface area (Å²) in [6, 6.07) is -0.648. The molecule has 0 spiro atoms. The summed E-state index contributed by atoms with van der Waals surface area (Å²) in [7, 11) is 1.51. The van der Waals surface area contributed by atoms with Gasteiger partial charge in [-0.05, 0) is 6.42 Å². The molecule has 96 valence electrons. The van der Waals surface area contributed by atoms with E-state index in [1.54, 1.807) is 0 Å². The summed E-state index contributed by atoms with van der Waals surface area (Å²) in [4.78, 5) is 11.2. The van der Waals surface area contributed by atoms with Gasteiger partial charge in [-0.1, -0.05) is 39.0 Å². The molecule has 0 aliphatic heterocycles. The van der Waals surface area contributed by atoms with Crippen molar-refractivity contribution in [3.63, 3.8) is 0 Å². The molecule has 0 aliphatic rings. The van der Waals surface area contributed by atoms with E-state index in [4.69, 9.17) is 15.2 Å². The van der Waals surface area contributed by atoms with Crippen molar-refractivity contribution >= 4 is 5.97 Å². The van der Waals surface area contributed by atoms with Crippen molar-refractivity contribution in [1.29, 1.82) is 0 Å². The summed E-state index contributed by atoms with van der Waals surface area (Å²) < 4.78 is 9.79. The molecule has 0 rings (SSSR count). The first-order valence-corrected chi connectivity index (χ1v) is 6.13. The van der Waals surface area contributed by atoms with Crippen LogP contribution >= 0.6 is 0 Å². The molecule has 0 aromatic heterocycles. The van der Waals surface area contributed by atoms with Crippen LogP contribution in [0.25, 0.3) is 0 Å². The minimum Gasteiger partial charge on any atom is -0.464 e. The molecule has 4 heteroatoms. The van der Waals surface area contributed by atoms with E-state index in [1.165, 1.54) is 32.8 Å². The summed E-state index contributed by atoms with van der Waals surface area (Å²) in [6.45, 7) is 2.89. The highest BCUT2D eigenvalue weighted by atomic mass is 16.5. The molecule has 4 nitrogen and oxygen atoms in total. The number of carbonyl (C=O) groups is 1. The predicted molar refractivity (Wildman–Crippen MR) is 64.2 cm³/mol. The molecule has 0 aromatic rings. The quantitative estimate of drug-likeness (QED) is 0.460. The van der Waals surface area contributed by atoms with E-state index in [0.29, 0.717) is 6.61 Å². The van der Waals surface area contributed by atoms with Crippen molar-refractivity contribution in [3.05, 3.63) is 0 Å². The zero-order valence-electron chi connectivity index (χ0n) is 10.5. The Morgan fingerprint density at radius 3 is 2.44 bits per heavy atom. The molecule has 0 fully saturated rings. The number of hydrogen-bond acceptors (Lipinski definition) is 4. The van der Waals surface area contributed by atoms with Gasteiger partial charge in [-0.3, -0.25) is 4.79 Å². The largest absolute Gasteiger partial charge is 0.464 e. The Hall–Kier alpha value is -0.610. The normalized spacial score (nSPS) is 12.4. The molecular weight excluding hydrogens is 206 g/mol. The molecule has 16 heavy (non-hydrogen) atoms. The van der Waals surface area contributed by atoms with Gasteiger partial charge < -0.3 is 15.2 Å². The van der Waals surface area contributed by atoms with Crippen LogP contribution in [0.3, 0.4) is 0 Å². The first-order valence-electron chi connectivity index (χ1n) is 6.13. The van der Waals surface area contributed by atoms with Gasteiger partial charge in [-0.2, -0.15) is 0 Å². The summed E-state index contributed by atoms with van der Waals surface area (Å²) in [5.41, 5.74) is 5.51. The van der Waals surface area contributed by atoms with Gasteiger partial charge in [0.05, 0.1) is 13.2 Å². The van der Waals surface area contributed by atoms with Crippen LogP contribution < -0.4 is 5.73 Å². The summed E-state index contributed by atoms with van der Waals surface area (Å²) >= 11 is 0. The molecule has 0 aromatic carbocycles. The smallest absolute Gasteiger partial charge is 0.325 e. The van der Waals surface area contributed by atoms with Crippen molar-refractivity contribution in [2.45, 2.75) is 51.5 Å². The zero-order chi connectivity index (χ0) is 12.2. The Kier molecular flexibility index (Phi) is 10.5. The number of carbonyl (C=O) groups excluding carboxylic acids is 1. The third-order valence-electron chi connectivity index (χ3n) is 2.39. The maximum absolute atomic E-state index is 11.2. The molecule has 0 aliphatic carbocycles. The number of ether oxygens (including phenoxy) is 2. The van der Waals surface area contributed by atoms with Crippen LogP contribution in [0.4, 0.5) is 0 Å². The van der Waals surface area contributed by atoms with Crippen molar-refractivity contribution in [2.75, 3.05) is 20.3 Å². The molecule has 0 heterocycles. The fraction of sp³-hybridized carbons (Fsp3) is 0.917. The Bertz CT molecular complexity index is 174. The summed E-state index contributed by atoms with van der Waals surface area (Å²) in [6.07, 6.45) is 7.07. The number of nitrogens with two attached hydrogens (primary N) is 1. The lowest BCUT2D eigenvalue weighted by atomic mass is 10.1. The minimum absolute atomic E-state index is 0.218. The Labute approximate surface area is 98.5 Å². The molecule has 1 unspecified atom stereocenters. The summed E-state index contributed by atoms with van der Waals surface area (Å²) in [5.74, 6) is -0.365. The molecule has 2 N–H and O–H groups in total. The van der Waals surface area contributed by atoms with E-state index < -0.39 is 6.04 Å². The standard InChI is InChI=1S/C12H25NO3/c1-3-4-5-6-7-8-9-16-12(14)11(13)10-15-2/h11H,3-10,13H2,1-2H3. The third-order valence-corrected chi connectivity index (χ3v) is 2.39. The van der Waals surface area contributed by atoms with Gasteiger partial charge in [0.1, 0.15) is 6.04 Å². The van der Waals surface area contributed by atoms with Gasteiger partial charge in [-0.25, -0.2) is 0 Å². The average Bonchev–Trinajstić information content (AvgIpc) is 2.28. The monoisotopic (exact) mass is 231 g/mol. The predicted octanol–water partition coefficient (Wildman–Crippen LogP) is 1.86. The van der Waals surface area contributed by atoms with Gasteiger partial charge in [0.2, 0.25) is 0 Å². The van der Waals surface area contributed by atoms with Gasteiger partial charge in [0.25, 0.3) is 0 Å². The third kappa shape index (κ3) is 8.68. The van der Waals surface area contributed by atoms with E-state index in [2.05, 4.69) is 6.92 Å². The van der Waals surface area contributed by atoms with E-state index in [-0.39, 0.29) is 12.6 Å². The van der Waals surface area contributed by atoms with Crippen LogP contribution in [0.5, 0.6) is 0 Å². The highest BCUT2D eigenvalue weighted by Crippen LogP contribution is 2.05. The maximum Gasteiger partial charge on any atom is 0.325 e. The first kappa shape index (κ1) is 15.4. The lowest BCUT2D eigenvalue weighted by Crippen LogP contribution is -2.36. The van der Waals surface area contributed by atoms with E-state index in [0.717, 1.165) is 12.8 Å². The lowest BCUT2D eigenvalue weighted by molar-refractivity contribution is -0.146. The minimum atomic E-state index is -0.648. The molecular formula is C12H25NO3. The molecule has 0 bridgehead atoms. The zero-order valence-corrected chi connectivity index (χ0v) is 10.5. The number of unbranched alkanes of at least 4 members (excludes halogenated alkanes) is 5. The van der Waals surface area contributed by atoms with Gasteiger partial charge in [0, 0.05) is 7.11 Å². The number of esters is 1. The summed E-state index contributed by atoms with van der Waals surface area (Å²) in [5, 5.41) is 0. The van der Waals surface area contributed by atoms with E-state index in [1.807, 2.05) is 0 Å². The van der Waals surface area contributed by atoms with Crippen LogP contribution in [0.15, 0.2) is 0 Å². The Morgan fingerprint density at radius 2 is 1.81 bits per heavy atom. The number of methoxy groups -OCH3 is 1. The van der Waals surface area contributed by atoms with Gasteiger partial charge in [-0.15, -0.1) is 0 Å². The fourth-order valence-electron chi connectivity index (χ4n) is 1.41. The highest BCUT2D eigenvalue weighted by molar-refractivity contribution is 5.75. The topological polar surface area (TPSA) is 61.5 Å². The average molecular weight is 231 g/mol. The highest BCUT2D eigenvalue weighted by Gasteiger charge is 2.13. The van der Waals surface area contributed by atoms with Crippen LogP contribution in [0.2, 0.25) is 0 Å². The number of rotatable bonds is 10. The molecule has 0 amide bonds. The van der Waals surface area contributed by atoms with Gasteiger partial charge >= 0.3 is 5.97 Å². The fourth-order valence-corrected chi connectivity index (χ4v) is 1.41. The molecule has 1 atom stereocenters. The Morgan fingerprint density at radius 1 is 1.19 bits per heavy atom. The van der Waals surface area contributed by atoms with Crippen molar-refractivity contribution in [3.8, 4) is 0 Å². The van der Waals surface area contributed by atoms with Crippen molar-refractivity contribution in [1.82, 2.24) is 0 Å². The SMILES string of the molecule is CCCCCCCCOC(=O)C(N)COC. The van der Waals surface area contributed by atoms with Crippen molar-refractivity contribution in [2.24, 2.45) is 5.73 Å². The van der Waals surface area contributed by atoms with Crippen LogP contribution in [0, 0.1) is 0 Å². The molecule has 0 saturated heterocycles. The van der Waals surface area contributed by atoms with E-state index in [9.17, 15) is 4.79 Å². The van der Waals surface area contributed by atoms with Crippen LogP contribution in [-0.2, 0) is 14.3 Å². The lowest BCUT2D eigenvalue weighted by Gasteiger charge is -2.10. The van der Waals surface area contributed by atoms with E-state index >= 15 is 0 Å². The Balaban J connectivity index is 3.27. The number of hydrogen-bond donors (Lipinski definition) is 1. The molecule has 0 saturated carbocycles. The molecule has 0 radical (unpaired) electrons. The van der Waals surface area contributed by atoms with Crippen LogP contribution in [-0.4, -0.2) is 32.3 Å². The van der Waals surface area contributed by atoms with Crippen LogP contribution in [0.1, 0.15) is 45.4 Å². The second kappa shape index (κ2) is 10.9. The second-order valence-corrected chi connectivity index (χ2v) is 4.00.